The van der Waals surface area contributed by atoms with E-state index in [1.54, 1.807) is 46.6 Å². The number of ether oxygens (including phenoxy) is 1. The number of aromatic hydroxyl groups is 1. The predicted molar refractivity (Wildman–Crippen MR) is 229 cm³/mol. The molecule has 2 fully saturated rings. The summed E-state index contributed by atoms with van der Waals surface area (Å²) in [5, 5.41) is 35.0. The van der Waals surface area contributed by atoms with Crippen LogP contribution >= 0.6 is 11.3 Å². The minimum Gasteiger partial charge on any atom is -0.507 e. The van der Waals surface area contributed by atoms with E-state index in [-0.39, 0.29) is 68.4 Å². The van der Waals surface area contributed by atoms with Gasteiger partial charge in [-0.1, -0.05) is 57.2 Å². The summed E-state index contributed by atoms with van der Waals surface area (Å²) in [5.41, 5.74) is 11.9. The van der Waals surface area contributed by atoms with Crippen molar-refractivity contribution < 1.29 is 34.1 Å². The number of aliphatic hydroxyl groups excluding tert-OH is 1. The van der Waals surface area contributed by atoms with Gasteiger partial charge in [0.15, 0.2) is 5.82 Å². The first-order chi connectivity index (χ1) is 28.6. The lowest BCUT2D eigenvalue weighted by molar-refractivity contribution is -0.144. The fourth-order valence-electron chi connectivity index (χ4n) is 7.50. The maximum Gasteiger partial charge on any atom is 0.246 e. The highest BCUT2D eigenvalue weighted by Crippen LogP contribution is 2.33. The van der Waals surface area contributed by atoms with E-state index in [9.17, 15) is 29.4 Å². The van der Waals surface area contributed by atoms with Crippen LogP contribution in [0.25, 0.3) is 21.7 Å². The van der Waals surface area contributed by atoms with Crippen LogP contribution in [0.15, 0.2) is 60.1 Å². The number of nitrogen functional groups attached to an aromatic ring is 1. The van der Waals surface area contributed by atoms with Crippen molar-refractivity contribution in [3.8, 4) is 27.4 Å². The number of nitrogens with zero attached hydrogens (tertiary/aromatic N) is 6. The number of carbonyl (C=O) groups excluding carboxylic acids is 4. The summed E-state index contributed by atoms with van der Waals surface area (Å²) in [7, 11) is 0. The number of nitrogens with one attached hydrogen (secondary N) is 2. The molecule has 4 heterocycles. The maximum absolute atomic E-state index is 14.0. The molecule has 2 saturated heterocycles. The monoisotopic (exact) mass is 841 g/mol. The van der Waals surface area contributed by atoms with Gasteiger partial charge in [0, 0.05) is 51.1 Å². The number of phenols is 1. The third kappa shape index (κ3) is 10.6. The SMILES string of the molecule is Cc1ncsc1-c1ccc([C@@H](C)NC(=O)[C@H]2C[C@H](O)CN2C(=O)[C@H](NC(=O)CCOCCC(=O)N2CCN(c3cc(-c4ccccc4O)nnc3N)CC2)C(C)(C)C)cc1. The van der Waals surface area contributed by atoms with Gasteiger partial charge in [-0.3, -0.25) is 19.2 Å². The van der Waals surface area contributed by atoms with Crippen molar-refractivity contribution in [1.29, 1.82) is 0 Å². The molecule has 6 rings (SSSR count). The Morgan fingerprint density at radius 3 is 2.35 bits per heavy atom. The summed E-state index contributed by atoms with van der Waals surface area (Å²) in [4.78, 5) is 64.4. The number of nitrogens with two attached hydrogens (primary N) is 1. The lowest BCUT2D eigenvalue weighted by Crippen LogP contribution is -2.58. The lowest BCUT2D eigenvalue weighted by Gasteiger charge is -2.36. The number of rotatable bonds is 14. The van der Waals surface area contributed by atoms with E-state index in [0.717, 1.165) is 21.7 Å². The first kappa shape index (κ1) is 43.9. The zero-order valence-corrected chi connectivity index (χ0v) is 35.6. The number of amides is 4. The van der Waals surface area contributed by atoms with Gasteiger partial charge in [-0.15, -0.1) is 21.5 Å². The molecule has 2 aliphatic heterocycles. The lowest BCUT2D eigenvalue weighted by atomic mass is 9.85. The zero-order valence-electron chi connectivity index (χ0n) is 34.8. The number of benzene rings is 2. The van der Waals surface area contributed by atoms with Gasteiger partial charge in [-0.05, 0) is 48.6 Å². The summed E-state index contributed by atoms with van der Waals surface area (Å²) in [6, 6.07) is 14.3. The molecule has 2 aliphatic rings. The summed E-state index contributed by atoms with van der Waals surface area (Å²) in [6.45, 7) is 11.4. The molecule has 2 aromatic heterocycles. The average molecular weight is 842 g/mol. The molecule has 0 bridgehead atoms. The number of thiazole rings is 1. The van der Waals surface area contributed by atoms with E-state index < -0.39 is 35.4 Å². The smallest absolute Gasteiger partial charge is 0.246 e. The van der Waals surface area contributed by atoms with Crippen molar-refractivity contribution in [3.63, 3.8) is 0 Å². The Morgan fingerprint density at radius 2 is 1.68 bits per heavy atom. The molecule has 0 spiro atoms. The molecule has 0 unspecified atom stereocenters. The van der Waals surface area contributed by atoms with Gasteiger partial charge in [0.2, 0.25) is 23.6 Å². The number of para-hydroxylation sites is 1. The fourth-order valence-corrected chi connectivity index (χ4v) is 8.31. The van der Waals surface area contributed by atoms with Crippen LogP contribution in [0.5, 0.6) is 5.75 Å². The van der Waals surface area contributed by atoms with Crippen molar-refractivity contribution >= 4 is 46.5 Å². The second-order valence-corrected chi connectivity index (χ2v) is 17.2. The first-order valence-electron chi connectivity index (χ1n) is 20.2. The minimum atomic E-state index is -0.971. The molecule has 0 radical (unpaired) electrons. The molecule has 4 amide bonds. The highest BCUT2D eigenvalue weighted by Gasteiger charge is 2.44. The van der Waals surface area contributed by atoms with E-state index in [1.165, 1.54) is 4.90 Å². The topological polar surface area (TPSA) is 216 Å². The number of piperazine rings is 1. The highest BCUT2D eigenvalue weighted by atomic mass is 32.1. The van der Waals surface area contributed by atoms with Gasteiger partial charge in [-0.25, -0.2) is 4.98 Å². The van der Waals surface area contributed by atoms with Crippen LogP contribution in [0.2, 0.25) is 0 Å². The molecule has 6 N–H and O–H groups in total. The molecule has 17 heteroatoms. The number of aryl methyl sites for hydroxylation is 1. The van der Waals surface area contributed by atoms with Crippen LogP contribution in [0.1, 0.15) is 64.3 Å². The number of aliphatic hydroxyl groups is 1. The van der Waals surface area contributed by atoms with E-state index in [0.29, 0.717) is 43.1 Å². The zero-order chi connectivity index (χ0) is 43.1. The Balaban J connectivity index is 0.943. The Bertz CT molecular complexity index is 2150. The van der Waals surface area contributed by atoms with Crippen molar-refractivity contribution in [2.75, 3.05) is 56.6 Å². The van der Waals surface area contributed by atoms with Crippen molar-refractivity contribution in [2.24, 2.45) is 5.41 Å². The number of phenolic OH excluding ortho intramolecular Hbond substituents is 1. The minimum absolute atomic E-state index is 0.0293. The van der Waals surface area contributed by atoms with Gasteiger partial charge in [-0.2, -0.15) is 0 Å². The van der Waals surface area contributed by atoms with Gasteiger partial charge >= 0.3 is 0 Å². The van der Waals surface area contributed by atoms with E-state index in [1.807, 2.05) is 69.3 Å². The molecular weight excluding hydrogens is 787 g/mol. The molecule has 16 nitrogen and oxygen atoms in total. The average Bonchev–Trinajstić information content (AvgIpc) is 3.84. The molecule has 4 aromatic rings. The van der Waals surface area contributed by atoms with Crippen molar-refractivity contribution in [3.05, 3.63) is 71.4 Å². The number of hydrogen-bond acceptors (Lipinski definition) is 13. The van der Waals surface area contributed by atoms with Crippen LogP contribution in [0.3, 0.4) is 0 Å². The molecular formula is C43H55N9O7S. The highest BCUT2D eigenvalue weighted by molar-refractivity contribution is 7.13. The summed E-state index contributed by atoms with van der Waals surface area (Å²) in [5.74, 6) is -0.963. The summed E-state index contributed by atoms with van der Waals surface area (Å²) in [6.07, 6.45) is -0.708. The third-order valence-electron chi connectivity index (χ3n) is 10.9. The first-order valence-corrected chi connectivity index (χ1v) is 21.1. The molecule has 0 saturated carbocycles. The van der Waals surface area contributed by atoms with Gasteiger partial charge in [0.1, 0.15) is 17.8 Å². The normalized spacial score (nSPS) is 17.9. The summed E-state index contributed by atoms with van der Waals surface area (Å²) >= 11 is 1.57. The van der Waals surface area contributed by atoms with Gasteiger partial charge in [0.05, 0.1) is 59.2 Å². The molecule has 0 aliphatic carbocycles. The standard InChI is InChI=1S/C43H55N9O7S/c1-26(28-10-12-29(13-11-28)38-27(2)45-25-60-38)46-41(57)34-22-30(53)24-52(34)42(58)39(43(3,4)5)47-36(55)14-20-59-21-15-37(56)51-18-16-50(17-19-51)33-23-32(48-49-40(33)44)31-8-6-7-9-35(31)54/h6-13,23,25-26,30,34,39,53-54H,14-22,24H2,1-5H3,(H2,44,49)(H,46,57)(H,47,55)/t26-,30+,34-,39+/m1/s1. The van der Waals surface area contributed by atoms with Crippen LogP contribution in [-0.4, -0.2) is 123 Å². The van der Waals surface area contributed by atoms with E-state index >= 15 is 0 Å². The molecule has 4 atom stereocenters. The quantitative estimate of drug-likeness (QED) is 0.115. The van der Waals surface area contributed by atoms with Gasteiger partial charge < -0.3 is 46.0 Å². The van der Waals surface area contributed by atoms with E-state index in [4.69, 9.17) is 10.5 Å². The molecule has 2 aromatic carbocycles. The predicted octanol–water partition coefficient (Wildman–Crippen LogP) is 3.68. The van der Waals surface area contributed by atoms with Crippen LogP contribution < -0.4 is 21.3 Å². The Morgan fingerprint density at radius 1 is 0.983 bits per heavy atom. The Hall–Kier alpha value is -5.65. The molecule has 320 valence electrons. The third-order valence-corrected chi connectivity index (χ3v) is 11.9. The number of aromatic nitrogens is 3. The Kier molecular flexibility index (Phi) is 14.0. The number of anilines is 2. The van der Waals surface area contributed by atoms with E-state index in [2.05, 4.69) is 25.8 Å². The maximum atomic E-state index is 14.0. The molecule has 60 heavy (non-hydrogen) atoms. The number of hydrogen-bond donors (Lipinski definition) is 5. The van der Waals surface area contributed by atoms with Crippen molar-refractivity contribution in [1.82, 2.24) is 35.6 Å². The number of β-amino-alcohol motifs (C(OH)–C–C–N with tert-alkyl or cyclic N) is 1. The van der Waals surface area contributed by atoms with Crippen molar-refractivity contribution in [2.45, 2.75) is 78.1 Å². The number of carbonyl (C=O) groups is 4. The fraction of sp³-hybridized carbons (Fsp3) is 0.465. The summed E-state index contributed by atoms with van der Waals surface area (Å²) < 4.78 is 5.68. The largest absolute Gasteiger partial charge is 0.507 e. The van der Waals surface area contributed by atoms with Crippen LogP contribution in [-0.2, 0) is 23.9 Å². The second-order valence-electron chi connectivity index (χ2n) is 16.4. The Labute approximate surface area is 354 Å². The van der Waals surface area contributed by atoms with Crippen LogP contribution in [0, 0.1) is 12.3 Å². The second kappa shape index (κ2) is 19.2. The number of likely N-dealkylation sites (tertiary alicyclic amines) is 1. The van der Waals surface area contributed by atoms with Gasteiger partial charge in [0.25, 0.3) is 0 Å². The van der Waals surface area contributed by atoms with Crippen LogP contribution in [0.4, 0.5) is 11.5 Å².